The minimum Gasteiger partial charge on any atom is -0.777 e. The van der Waals surface area contributed by atoms with E-state index < -0.39 is 13.4 Å². The number of imidazole rings is 1. The minimum absolute atomic E-state index is 0. The highest BCUT2D eigenvalue weighted by atomic mass is 31.2. The van der Waals surface area contributed by atoms with Crippen molar-refractivity contribution in [2.45, 2.75) is 31.3 Å². The first kappa shape index (κ1) is 16.6. The third-order valence-electron chi connectivity index (χ3n) is 3.36. The molecule has 3 heterocycles. The molecule has 0 aliphatic carbocycles. The summed E-state index contributed by atoms with van der Waals surface area (Å²) >= 11 is 0. The van der Waals surface area contributed by atoms with Crippen molar-refractivity contribution < 1.29 is 19.1 Å². The average molecular weight is 331 g/mol. The van der Waals surface area contributed by atoms with Crippen LogP contribution in [0.4, 0.5) is 11.8 Å². The number of nitrogens with two attached hydrogens (primary N) is 2. The maximum atomic E-state index is 11.1. The number of hydrogen-bond acceptors (Lipinski definition) is 8. The topological polar surface area (TPSA) is 202 Å². The molecule has 0 radical (unpaired) electrons. The molecule has 0 aromatic carbocycles. The highest BCUT2D eigenvalue weighted by Crippen LogP contribution is 2.44. The van der Waals surface area contributed by atoms with Crippen LogP contribution < -0.4 is 22.5 Å². The Morgan fingerprint density at radius 2 is 2.18 bits per heavy atom. The molecule has 2 aromatic rings. The van der Waals surface area contributed by atoms with Gasteiger partial charge in [0.05, 0.1) is 19.0 Å². The van der Waals surface area contributed by atoms with Gasteiger partial charge in [0.2, 0.25) is 5.95 Å². The lowest BCUT2D eigenvalue weighted by Crippen LogP contribution is -2.20. The Morgan fingerprint density at radius 1 is 1.45 bits per heavy atom. The molecule has 0 saturated carbocycles. The highest BCUT2D eigenvalue weighted by molar-refractivity contribution is 7.50. The molecule has 22 heavy (non-hydrogen) atoms. The average Bonchev–Trinajstić information content (AvgIpc) is 2.97. The molecule has 0 bridgehead atoms. The molecule has 2 aromatic heterocycles. The van der Waals surface area contributed by atoms with Crippen LogP contribution in [0.15, 0.2) is 6.33 Å². The van der Waals surface area contributed by atoms with Crippen LogP contribution in [0.5, 0.6) is 0 Å². The number of nitrogen functional groups attached to an aromatic ring is 2. The molecule has 1 saturated heterocycles. The summed E-state index contributed by atoms with van der Waals surface area (Å²) in [5.41, 5.74) is 12.1. The highest BCUT2D eigenvalue weighted by Gasteiger charge is 2.32. The maximum Gasteiger partial charge on any atom is 0.224 e. The third-order valence-corrected chi connectivity index (χ3v) is 4.47. The zero-order valence-electron chi connectivity index (χ0n) is 11.9. The van der Waals surface area contributed by atoms with E-state index in [-0.39, 0.29) is 30.4 Å². The number of ether oxygens (including phenoxy) is 1. The molecule has 0 spiro atoms. The van der Waals surface area contributed by atoms with Crippen molar-refractivity contribution in [1.29, 1.82) is 0 Å². The summed E-state index contributed by atoms with van der Waals surface area (Å²) < 4.78 is 18.1. The largest absolute Gasteiger partial charge is 0.777 e. The predicted molar refractivity (Wildman–Crippen MR) is 77.9 cm³/mol. The quantitative estimate of drug-likeness (QED) is 0.530. The van der Waals surface area contributed by atoms with Gasteiger partial charge in [-0.15, -0.1) is 0 Å². The van der Waals surface area contributed by atoms with Crippen molar-refractivity contribution in [1.82, 2.24) is 25.7 Å². The van der Waals surface area contributed by atoms with Gasteiger partial charge >= 0.3 is 0 Å². The van der Waals surface area contributed by atoms with Gasteiger partial charge in [0, 0.05) is 0 Å². The first-order valence-corrected chi connectivity index (χ1v) is 7.92. The van der Waals surface area contributed by atoms with Crippen LogP contribution in [-0.4, -0.2) is 36.4 Å². The van der Waals surface area contributed by atoms with E-state index in [0.717, 1.165) is 0 Å². The van der Waals surface area contributed by atoms with Crippen LogP contribution in [0.25, 0.3) is 11.2 Å². The summed E-state index contributed by atoms with van der Waals surface area (Å²) in [7, 11) is -4.47. The summed E-state index contributed by atoms with van der Waals surface area (Å²) in [4.78, 5) is 32.1. The van der Waals surface area contributed by atoms with E-state index in [9.17, 15) is 9.46 Å². The Hall–Kier alpha value is -1.78. The monoisotopic (exact) mass is 331 g/mol. The van der Waals surface area contributed by atoms with E-state index in [1.54, 1.807) is 4.57 Å². The fourth-order valence-electron chi connectivity index (χ4n) is 2.40. The van der Waals surface area contributed by atoms with Gasteiger partial charge in [0.15, 0.2) is 19.1 Å². The number of fused-ring (bicyclic) bond motifs is 1. The Labute approximate surface area is 125 Å². The molecule has 1 aliphatic heterocycles. The van der Waals surface area contributed by atoms with Crippen molar-refractivity contribution in [2.24, 2.45) is 0 Å². The van der Waals surface area contributed by atoms with Crippen LogP contribution >= 0.6 is 7.60 Å². The van der Waals surface area contributed by atoms with Gasteiger partial charge < -0.3 is 41.3 Å². The zero-order valence-corrected chi connectivity index (χ0v) is 12.8. The zero-order chi connectivity index (χ0) is 15.2. The smallest absolute Gasteiger partial charge is 0.224 e. The summed E-state index contributed by atoms with van der Waals surface area (Å²) in [6.07, 6.45) is 1.92. The molecule has 1 fully saturated rings. The Morgan fingerprint density at radius 3 is 2.82 bits per heavy atom. The molecule has 1 aliphatic rings. The second-order valence-electron chi connectivity index (χ2n) is 4.89. The molecule has 122 valence electrons. The first-order valence-electron chi connectivity index (χ1n) is 6.27. The summed E-state index contributed by atoms with van der Waals surface area (Å²) in [5, 5.41) is 0. The summed E-state index contributed by atoms with van der Waals surface area (Å²) in [6, 6.07) is 0. The molecular formula is C10H18N7O4P. The van der Waals surface area contributed by atoms with Crippen molar-refractivity contribution in [3.63, 3.8) is 0 Å². The molecule has 9 N–H and O–H groups in total. The van der Waals surface area contributed by atoms with Crippen LogP contribution in [0.2, 0.25) is 0 Å². The molecule has 3 unspecified atom stereocenters. The lowest BCUT2D eigenvalue weighted by Gasteiger charge is -2.23. The summed E-state index contributed by atoms with van der Waals surface area (Å²) in [5.74, 6) is -0.936. The first-order chi connectivity index (χ1) is 9.84. The number of rotatable bonds is 3. The molecule has 0 amide bonds. The van der Waals surface area contributed by atoms with Gasteiger partial charge in [-0.25, -0.2) is 4.98 Å². The van der Waals surface area contributed by atoms with Crippen molar-refractivity contribution in [3.8, 4) is 0 Å². The van der Waals surface area contributed by atoms with Gasteiger partial charge in [0.1, 0.15) is 11.4 Å². The molecule has 12 heteroatoms. The van der Waals surface area contributed by atoms with E-state index >= 15 is 0 Å². The van der Waals surface area contributed by atoms with Crippen molar-refractivity contribution in [2.75, 3.05) is 11.5 Å². The van der Waals surface area contributed by atoms with Gasteiger partial charge in [0.25, 0.3) is 0 Å². The van der Waals surface area contributed by atoms with Gasteiger partial charge in [-0.3, -0.25) is 0 Å². The number of nitrogens with zero attached hydrogens (tertiary/aromatic N) is 4. The third kappa shape index (κ3) is 3.03. The normalized spacial score (nSPS) is 24.1. The van der Waals surface area contributed by atoms with Crippen LogP contribution in [-0.2, 0) is 15.8 Å². The SMILES string of the molecule is Nc1nc(N)c2ncn(CC3CCC(P(=O)([O-])O)O3)c2n1.[NH4+]. The van der Waals surface area contributed by atoms with Gasteiger partial charge in [-0.05, 0) is 12.8 Å². The van der Waals surface area contributed by atoms with Crippen molar-refractivity contribution >= 4 is 30.5 Å². The Kier molecular flexibility index (Phi) is 4.36. The standard InChI is InChI=1S/C10H15N6O4P.H3N/c11-8-7-9(15-10(12)14-8)16(4-13-7)3-5-1-2-6(20-5)21(17,18)19;/h4-6H,1-3H2,(H2,17,18,19)(H4,11,12,14,15);1H3. The van der Waals surface area contributed by atoms with E-state index in [4.69, 9.17) is 21.1 Å². The van der Waals surface area contributed by atoms with Gasteiger partial charge in [-0.1, -0.05) is 0 Å². The van der Waals surface area contributed by atoms with E-state index in [0.29, 0.717) is 24.1 Å². The number of aromatic nitrogens is 4. The Bertz CT molecular complexity index is 729. The van der Waals surface area contributed by atoms with Crippen LogP contribution in [0.1, 0.15) is 12.8 Å². The molecule has 11 nitrogen and oxygen atoms in total. The maximum absolute atomic E-state index is 11.1. The number of anilines is 2. The fraction of sp³-hybridized carbons (Fsp3) is 0.500. The van der Waals surface area contributed by atoms with Crippen LogP contribution in [0, 0.1) is 0 Å². The molecule has 3 atom stereocenters. The number of hydrogen-bond donors (Lipinski definition) is 4. The lowest BCUT2D eigenvalue weighted by atomic mass is 10.2. The summed E-state index contributed by atoms with van der Waals surface area (Å²) in [6.45, 7) is 0.336. The van der Waals surface area contributed by atoms with E-state index in [1.165, 1.54) is 6.33 Å². The van der Waals surface area contributed by atoms with E-state index in [1.807, 2.05) is 0 Å². The fourth-order valence-corrected chi connectivity index (χ4v) is 3.20. The molecule has 3 rings (SSSR count). The van der Waals surface area contributed by atoms with Crippen LogP contribution in [0.3, 0.4) is 0 Å². The second-order valence-corrected chi connectivity index (χ2v) is 6.59. The second kappa shape index (κ2) is 5.78. The van der Waals surface area contributed by atoms with Crippen molar-refractivity contribution in [3.05, 3.63) is 6.33 Å². The predicted octanol–water partition coefficient (Wildman–Crippen LogP) is -0.582. The van der Waals surface area contributed by atoms with Gasteiger partial charge in [-0.2, -0.15) is 9.97 Å². The molecular weight excluding hydrogens is 313 g/mol. The van der Waals surface area contributed by atoms with E-state index in [2.05, 4.69) is 15.0 Å². The Balaban J connectivity index is 0.00000176. The minimum atomic E-state index is -4.47. The lowest BCUT2D eigenvalue weighted by molar-refractivity contribution is -0.204. The number of quaternary nitrogens is 1.